The van der Waals surface area contributed by atoms with Crippen molar-refractivity contribution in [1.82, 2.24) is 5.32 Å². The van der Waals surface area contributed by atoms with Gasteiger partial charge in [0, 0.05) is 5.56 Å². The largest absolute Gasteiger partial charge is 0.748 e. The maximum Gasteiger partial charge on any atom is 0.431 e. The van der Waals surface area contributed by atoms with Crippen molar-refractivity contribution in [1.29, 1.82) is 0 Å². The van der Waals surface area contributed by atoms with E-state index in [9.17, 15) is 26.1 Å². The zero-order valence-corrected chi connectivity index (χ0v) is 14.4. The molecule has 7 nitrogen and oxygen atoms in total. The van der Waals surface area contributed by atoms with E-state index in [1.165, 1.54) is 18.2 Å². The van der Waals surface area contributed by atoms with Gasteiger partial charge in [0.25, 0.3) is 0 Å². The second-order valence-corrected chi connectivity index (χ2v) is 7.29. The first-order valence-corrected chi connectivity index (χ1v) is 8.69. The Morgan fingerprint density at radius 3 is 2.44 bits per heavy atom. The molecule has 1 aromatic rings. The van der Waals surface area contributed by atoms with E-state index in [4.69, 9.17) is 34.7 Å². The van der Waals surface area contributed by atoms with Crippen LogP contribution in [0.25, 0.3) is 5.57 Å². The average Bonchev–Trinajstić information content (AvgIpc) is 2.38. The van der Waals surface area contributed by atoms with Crippen LogP contribution in [0.3, 0.4) is 0 Å². The lowest BCUT2D eigenvalue weighted by Crippen LogP contribution is -2.61. The lowest BCUT2D eigenvalue weighted by atomic mass is 10.00. The summed E-state index contributed by atoms with van der Waals surface area (Å²) in [6.45, 7) is 0. The highest BCUT2D eigenvalue weighted by molar-refractivity contribution is 7.85. The summed E-state index contributed by atoms with van der Waals surface area (Å²) in [6.07, 6.45) is -5.03. The van der Waals surface area contributed by atoms with Crippen molar-refractivity contribution in [3.63, 3.8) is 0 Å². The van der Waals surface area contributed by atoms with Gasteiger partial charge in [0.05, 0.1) is 21.4 Å². The van der Waals surface area contributed by atoms with E-state index in [-0.39, 0.29) is 15.6 Å². The van der Waals surface area contributed by atoms with E-state index in [1.807, 2.05) is 0 Å². The highest BCUT2D eigenvalue weighted by Crippen LogP contribution is 2.38. The molecule has 1 heterocycles. The van der Waals surface area contributed by atoms with Crippen LogP contribution < -0.4 is 16.8 Å². The van der Waals surface area contributed by atoms with Gasteiger partial charge in [0.15, 0.2) is 5.79 Å². The molecule has 1 atom stereocenters. The molecule has 1 aromatic carbocycles. The summed E-state index contributed by atoms with van der Waals surface area (Å²) in [4.78, 5) is 3.51. The maximum atomic E-state index is 13.5. The summed E-state index contributed by atoms with van der Waals surface area (Å²) >= 11 is 11.7. The van der Waals surface area contributed by atoms with E-state index >= 15 is 0 Å². The standard InChI is InChI=1S/C12H11Cl2F3N4O3S/c13-6-3-1-2-5(8(6)14)7-9(12(15,16)17)20-11(19,21-10(7)18)4-25(22,23)24/h1-3,20H,4,19H2,(H2,18,21)(H,22,23,24)/p-1. The third kappa shape index (κ3) is 4.36. The lowest BCUT2D eigenvalue weighted by Gasteiger charge is -2.35. The van der Waals surface area contributed by atoms with Crippen LogP contribution >= 0.6 is 23.2 Å². The molecule has 0 spiro atoms. The monoisotopic (exact) mass is 417 g/mol. The molecule has 13 heteroatoms. The second-order valence-electron chi connectivity index (χ2n) is 5.10. The zero-order valence-electron chi connectivity index (χ0n) is 12.1. The highest BCUT2D eigenvalue weighted by Gasteiger charge is 2.45. The number of halogens is 5. The number of alkyl halides is 3. The number of hydrogen-bond donors (Lipinski definition) is 3. The van der Waals surface area contributed by atoms with E-state index in [0.29, 0.717) is 0 Å². The van der Waals surface area contributed by atoms with Gasteiger partial charge in [-0.25, -0.2) is 13.4 Å². The number of allylic oxidation sites excluding steroid dienone is 1. The Hall–Kier alpha value is -1.53. The van der Waals surface area contributed by atoms with Gasteiger partial charge < -0.3 is 15.6 Å². The zero-order chi connectivity index (χ0) is 19.2. The molecule has 0 radical (unpaired) electrons. The van der Waals surface area contributed by atoms with Gasteiger partial charge in [-0.1, -0.05) is 35.3 Å². The van der Waals surface area contributed by atoms with Gasteiger partial charge >= 0.3 is 6.18 Å². The number of nitrogens with two attached hydrogens (primary N) is 2. The summed E-state index contributed by atoms with van der Waals surface area (Å²) in [7, 11) is -5.01. The van der Waals surface area contributed by atoms with E-state index < -0.39 is 44.9 Å². The Bertz CT molecular complexity index is 886. The van der Waals surface area contributed by atoms with E-state index in [0.717, 1.165) is 0 Å². The molecule has 0 amide bonds. The van der Waals surface area contributed by atoms with Crippen LogP contribution in [0.15, 0.2) is 28.9 Å². The molecular formula is C12H10Cl2F3N4O3S-. The predicted molar refractivity (Wildman–Crippen MR) is 85.7 cm³/mol. The molecule has 0 aromatic heterocycles. The Morgan fingerprint density at radius 2 is 1.92 bits per heavy atom. The highest BCUT2D eigenvalue weighted by atomic mass is 35.5. The molecule has 138 valence electrons. The molecule has 0 aliphatic carbocycles. The van der Waals surface area contributed by atoms with Crippen LogP contribution in [0, 0.1) is 0 Å². The summed E-state index contributed by atoms with van der Waals surface area (Å²) in [6, 6.07) is 3.90. The number of nitrogens with zero attached hydrogens (tertiary/aromatic N) is 1. The number of amidine groups is 1. The van der Waals surface area contributed by atoms with Crippen LogP contribution in [-0.4, -0.2) is 36.5 Å². The minimum Gasteiger partial charge on any atom is -0.748 e. The molecule has 0 saturated carbocycles. The Balaban J connectivity index is 2.70. The van der Waals surface area contributed by atoms with Crippen molar-refractivity contribution in [3.8, 4) is 0 Å². The minimum absolute atomic E-state index is 0.0345. The van der Waals surface area contributed by atoms with Gasteiger partial charge in [0.1, 0.15) is 21.7 Å². The van der Waals surface area contributed by atoms with Crippen LogP contribution in [-0.2, 0) is 10.1 Å². The summed E-state index contributed by atoms with van der Waals surface area (Å²) in [5, 5.41) is 1.48. The molecule has 1 unspecified atom stereocenters. The smallest absolute Gasteiger partial charge is 0.431 e. The average molecular weight is 418 g/mol. The summed E-state index contributed by atoms with van der Waals surface area (Å²) in [5.41, 5.74) is 8.72. The topological polar surface area (TPSA) is 134 Å². The summed E-state index contributed by atoms with van der Waals surface area (Å²) < 4.78 is 73.1. The first-order chi connectivity index (χ1) is 11.2. The molecule has 5 N–H and O–H groups in total. The molecule has 1 aliphatic rings. The molecule has 0 fully saturated rings. The maximum absolute atomic E-state index is 13.5. The van der Waals surface area contributed by atoms with Gasteiger partial charge in [-0.2, -0.15) is 13.2 Å². The number of nitrogens with one attached hydrogen (secondary N) is 1. The third-order valence-electron chi connectivity index (χ3n) is 3.07. The van der Waals surface area contributed by atoms with Gasteiger partial charge in [0.2, 0.25) is 0 Å². The van der Waals surface area contributed by atoms with Crippen molar-refractivity contribution in [2.75, 3.05) is 5.75 Å². The van der Waals surface area contributed by atoms with Crippen molar-refractivity contribution >= 4 is 44.7 Å². The van der Waals surface area contributed by atoms with Gasteiger partial charge in [-0.15, -0.1) is 0 Å². The fourth-order valence-corrected chi connectivity index (χ4v) is 3.30. The van der Waals surface area contributed by atoms with Crippen LogP contribution in [0.5, 0.6) is 0 Å². The minimum atomic E-state index is -5.03. The predicted octanol–water partition coefficient (Wildman–Crippen LogP) is 1.38. The fraction of sp³-hybridized carbons (Fsp3) is 0.250. The molecule has 0 bridgehead atoms. The molecule has 1 aliphatic heterocycles. The second kappa shape index (κ2) is 6.32. The molecule has 0 saturated heterocycles. The van der Waals surface area contributed by atoms with E-state index in [2.05, 4.69) is 4.99 Å². The van der Waals surface area contributed by atoms with Crippen molar-refractivity contribution in [3.05, 3.63) is 39.5 Å². The first-order valence-electron chi connectivity index (χ1n) is 6.36. The SMILES string of the molecule is NC1=NC(N)(CS(=O)(=O)[O-])NC(C(F)(F)F)=C1c1cccc(Cl)c1Cl. The van der Waals surface area contributed by atoms with Crippen molar-refractivity contribution in [2.24, 2.45) is 16.5 Å². The van der Waals surface area contributed by atoms with Crippen LogP contribution in [0.4, 0.5) is 13.2 Å². The number of aliphatic imine (C=N–C) groups is 1. The lowest BCUT2D eigenvalue weighted by molar-refractivity contribution is -0.0987. The quantitative estimate of drug-likeness (QED) is 0.636. The van der Waals surface area contributed by atoms with Crippen molar-refractivity contribution in [2.45, 2.75) is 12.0 Å². The molecular weight excluding hydrogens is 408 g/mol. The van der Waals surface area contributed by atoms with Crippen molar-refractivity contribution < 1.29 is 26.1 Å². The van der Waals surface area contributed by atoms with Gasteiger partial charge in [-0.05, 0) is 6.07 Å². The fourth-order valence-electron chi connectivity index (χ4n) is 2.23. The summed E-state index contributed by atoms with van der Waals surface area (Å²) in [5.74, 6) is -4.78. The number of hydrogen-bond acceptors (Lipinski definition) is 7. The van der Waals surface area contributed by atoms with Gasteiger partial charge in [-0.3, -0.25) is 5.73 Å². The first kappa shape index (κ1) is 19.8. The third-order valence-corrected chi connectivity index (χ3v) is 4.68. The Morgan fingerprint density at radius 1 is 1.32 bits per heavy atom. The normalized spacial score (nSPS) is 21.8. The van der Waals surface area contributed by atoms with E-state index in [1.54, 1.807) is 5.32 Å². The number of benzene rings is 1. The Kier molecular flexibility index (Phi) is 5.01. The van der Waals surface area contributed by atoms with Crippen LogP contribution in [0.2, 0.25) is 10.0 Å². The molecule has 25 heavy (non-hydrogen) atoms. The van der Waals surface area contributed by atoms with Crippen LogP contribution in [0.1, 0.15) is 5.56 Å². The molecule has 2 rings (SSSR count). The number of rotatable bonds is 3. The Labute approximate surface area is 150 Å².